The highest BCUT2D eigenvalue weighted by molar-refractivity contribution is 5.99. The van der Waals surface area contributed by atoms with Crippen molar-refractivity contribution in [3.8, 4) is 0 Å². The number of rotatable bonds is 7. The Hall–Kier alpha value is -3.43. The molecule has 1 aliphatic carbocycles. The molecule has 10 heteroatoms. The smallest absolute Gasteiger partial charge is 0.342 e. The summed E-state index contributed by atoms with van der Waals surface area (Å²) in [6.45, 7) is 1.77. The lowest BCUT2D eigenvalue weighted by Gasteiger charge is -2.34. The van der Waals surface area contributed by atoms with Crippen LogP contribution in [0.2, 0.25) is 0 Å². The van der Waals surface area contributed by atoms with Crippen LogP contribution in [0.25, 0.3) is 0 Å². The Balaban J connectivity index is 1.29. The number of methoxy groups -OCH3 is 1. The van der Waals surface area contributed by atoms with Crippen LogP contribution in [0, 0.1) is 11.7 Å². The van der Waals surface area contributed by atoms with Gasteiger partial charge in [-0.25, -0.2) is 9.18 Å². The van der Waals surface area contributed by atoms with Crippen LogP contribution in [-0.2, 0) is 9.53 Å². The van der Waals surface area contributed by atoms with Crippen molar-refractivity contribution in [3.63, 3.8) is 0 Å². The fraction of sp³-hybridized carbons (Fsp3) is 0.455. The number of halogens is 1. The van der Waals surface area contributed by atoms with E-state index in [2.05, 4.69) is 20.8 Å². The number of esters is 1. The van der Waals surface area contributed by atoms with Crippen LogP contribution in [-0.4, -0.2) is 60.3 Å². The van der Waals surface area contributed by atoms with Gasteiger partial charge in [-0.1, -0.05) is 6.07 Å². The molecular formula is C22H26FN5O4. The van der Waals surface area contributed by atoms with Crippen molar-refractivity contribution in [2.75, 3.05) is 31.6 Å². The highest BCUT2D eigenvalue weighted by atomic mass is 19.1. The molecule has 0 unspecified atom stereocenters. The lowest BCUT2D eigenvalue weighted by Crippen LogP contribution is -2.50. The SMILES string of the molecule is COC(=O)c1c(F)cccc1N1CCC(CNC(=O)C2(NC(=O)c3ccn[nH]3)CC2)CC1. The van der Waals surface area contributed by atoms with E-state index in [1.807, 2.05) is 4.90 Å². The molecule has 1 aromatic carbocycles. The van der Waals surface area contributed by atoms with Gasteiger partial charge in [-0.2, -0.15) is 5.10 Å². The molecule has 32 heavy (non-hydrogen) atoms. The average Bonchev–Trinajstić information content (AvgIpc) is 3.37. The van der Waals surface area contributed by atoms with Gasteiger partial charge in [-0.05, 0) is 49.8 Å². The Morgan fingerprint density at radius 3 is 2.62 bits per heavy atom. The summed E-state index contributed by atoms with van der Waals surface area (Å²) >= 11 is 0. The zero-order valence-corrected chi connectivity index (χ0v) is 17.8. The number of carbonyl (C=O) groups excluding carboxylic acids is 3. The van der Waals surface area contributed by atoms with E-state index in [-0.39, 0.29) is 23.3 Å². The van der Waals surface area contributed by atoms with Crippen molar-refractivity contribution >= 4 is 23.5 Å². The van der Waals surface area contributed by atoms with E-state index >= 15 is 0 Å². The molecule has 0 bridgehead atoms. The largest absolute Gasteiger partial charge is 0.465 e. The molecule has 1 aliphatic heterocycles. The summed E-state index contributed by atoms with van der Waals surface area (Å²) in [5.41, 5.74) is -0.0526. The minimum absolute atomic E-state index is 0.0505. The molecule has 2 aliphatic rings. The summed E-state index contributed by atoms with van der Waals surface area (Å²) < 4.78 is 19.0. The Morgan fingerprint density at radius 1 is 1.25 bits per heavy atom. The van der Waals surface area contributed by atoms with E-state index in [1.54, 1.807) is 18.2 Å². The van der Waals surface area contributed by atoms with Crippen LogP contribution in [0.5, 0.6) is 0 Å². The van der Waals surface area contributed by atoms with E-state index in [0.717, 1.165) is 12.8 Å². The molecule has 2 fully saturated rings. The number of nitrogens with one attached hydrogen (secondary N) is 3. The van der Waals surface area contributed by atoms with Crippen LogP contribution < -0.4 is 15.5 Å². The maximum atomic E-state index is 14.2. The summed E-state index contributed by atoms with van der Waals surface area (Å²) in [7, 11) is 1.23. The van der Waals surface area contributed by atoms with Gasteiger partial charge in [0, 0.05) is 25.8 Å². The third kappa shape index (κ3) is 4.44. The van der Waals surface area contributed by atoms with Gasteiger partial charge in [-0.3, -0.25) is 14.7 Å². The number of ether oxygens (including phenoxy) is 1. The second-order valence-electron chi connectivity index (χ2n) is 8.27. The van der Waals surface area contributed by atoms with E-state index in [0.29, 0.717) is 43.9 Å². The van der Waals surface area contributed by atoms with Crippen LogP contribution in [0.3, 0.4) is 0 Å². The Kier molecular flexibility index (Phi) is 6.11. The first-order valence-electron chi connectivity index (χ1n) is 10.7. The van der Waals surface area contributed by atoms with Crippen molar-refractivity contribution < 1.29 is 23.5 Å². The summed E-state index contributed by atoms with van der Waals surface area (Å²) in [6.07, 6.45) is 4.26. The van der Waals surface area contributed by atoms with Crippen LogP contribution >= 0.6 is 0 Å². The second kappa shape index (κ2) is 8.97. The summed E-state index contributed by atoms with van der Waals surface area (Å²) in [4.78, 5) is 38.9. The van der Waals surface area contributed by atoms with E-state index in [9.17, 15) is 18.8 Å². The predicted octanol–water partition coefficient (Wildman–Crippen LogP) is 1.63. The minimum atomic E-state index is -0.847. The zero-order chi connectivity index (χ0) is 22.7. The molecule has 1 aromatic heterocycles. The number of benzene rings is 1. The first kappa shape index (κ1) is 21.8. The number of aromatic amines is 1. The van der Waals surface area contributed by atoms with Crippen LogP contribution in [0.15, 0.2) is 30.5 Å². The Morgan fingerprint density at radius 2 is 2.00 bits per heavy atom. The topological polar surface area (TPSA) is 116 Å². The maximum absolute atomic E-state index is 14.2. The monoisotopic (exact) mass is 443 g/mol. The molecule has 3 N–H and O–H groups in total. The molecule has 1 saturated heterocycles. The van der Waals surface area contributed by atoms with Gasteiger partial charge in [0.1, 0.15) is 22.6 Å². The molecule has 9 nitrogen and oxygen atoms in total. The summed E-state index contributed by atoms with van der Waals surface area (Å²) in [5.74, 6) is -1.56. The molecule has 2 aromatic rings. The third-order valence-electron chi connectivity index (χ3n) is 6.17. The number of piperidine rings is 1. The molecule has 170 valence electrons. The number of nitrogens with zero attached hydrogens (tertiary/aromatic N) is 2. The zero-order valence-electron chi connectivity index (χ0n) is 17.8. The summed E-state index contributed by atoms with van der Waals surface area (Å²) in [5, 5.41) is 12.1. The average molecular weight is 443 g/mol. The lowest BCUT2D eigenvalue weighted by molar-refractivity contribution is -0.124. The van der Waals surface area contributed by atoms with E-state index < -0.39 is 17.3 Å². The quantitative estimate of drug-likeness (QED) is 0.560. The number of H-pyrrole nitrogens is 1. The van der Waals surface area contributed by atoms with Gasteiger partial charge in [0.2, 0.25) is 5.91 Å². The van der Waals surface area contributed by atoms with Gasteiger partial charge in [0.25, 0.3) is 5.91 Å². The molecule has 0 spiro atoms. The molecule has 0 radical (unpaired) electrons. The number of hydrogen-bond acceptors (Lipinski definition) is 6. The first-order chi connectivity index (χ1) is 15.4. The van der Waals surface area contributed by atoms with Gasteiger partial charge < -0.3 is 20.3 Å². The molecule has 2 amide bonds. The standard InChI is InChI=1S/C22H26FN5O4/c1-32-20(30)18-15(23)3-2-4-17(18)28-11-6-14(7-12-28)13-24-21(31)22(8-9-22)26-19(29)16-5-10-25-27-16/h2-5,10,14H,6-9,11-13H2,1H3,(H,24,31)(H,25,27)(H,26,29). The lowest BCUT2D eigenvalue weighted by atomic mass is 9.95. The molecule has 0 atom stereocenters. The van der Waals surface area contributed by atoms with Crippen molar-refractivity contribution in [2.45, 2.75) is 31.2 Å². The number of amides is 2. The van der Waals surface area contributed by atoms with E-state index in [1.165, 1.54) is 19.4 Å². The van der Waals surface area contributed by atoms with Gasteiger partial charge in [-0.15, -0.1) is 0 Å². The normalized spacial score (nSPS) is 17.5. The molecule has 1 saturated carbocycles. The van der Waals surface area contributed by atoms with Crippen molar-refractivity contribution in [1.29, 1.82) is 0 Å². The molecule has 2 heterocycles. The Labute approximate surface area is 184 Å². The van der Waals surface area contributed by atoms with Crippen molar-refractivity contribution in [3.05, 3.63) is 47.5 Å². The fourth-order valence-corrected chi connectivity index (χ4v) is 4.07. The van der Waals surface area contributed by atoms with Crippen LogP contribution in [0.4, 0.5) is 10.1 Å². The third-order valence-corrected chi connectivity index (χ3v) is 6.17. The number of carbonyl (C=O) groups is 3. The molecule has 4 rings (SSSR count). The highest BCUT2D eigenvalue weighted by Gasteiger charge is 2.51. The number of hydrogen-bond donors (Lipinski definition) is 3. The number of aromatic nitrogens is 2. The first-order valence-corrected chi connectivity index (χ1v) is 10.7. The number of anilines is 1. The highest BCUT2D eigenvalue weighted by Crippen LogP contribution is 2.36. The maximum Gasteiger partial charge on any atom is 0.342 e. The van der Waals surface area contributed by atoms with E-state index in [4.69, 9.17) is 4.74 Å². The van der Waals surface area contributed by atoms with Crippen LogP contribution in [0.1, 0.15) is 46.5 Å². The molecular weight excluding hydrogens is 417 g/mol. The van der Waals surface area contributed by atoms with Gasteiger partial charge >= 0.3 is 5.97 Å². The van der Waals surface area contributed by atoms with Crippen molar-refractivity contribution in [2.24, 2.45) is 5.92 Å². The van der Waals surface area contributed by atoms with Crippen molar-refractivity contribution in [1.82, 2.24) is 20.8 Å². The fourth-order valence-electron chi connectivity index (χ4n) is 4.07. The summed E-state index contributed by atoms with van der Waals surface area (Å²) in [6, 6.07) is 6.10. The minimum Gasteiger partial charge on any atom is -0.465 e. The Bertz CT molecular complexity index is 998. The predicted molar refractivity (Wildman–Crippen MR) is 114 cm³/mol. The second-order valence-corrected chi connectivity index (χ2v) is 8.27. The van der Waals surface area contributed by atoms with Gasteiger partial charge in [0.15, 0.2) is 0 Å². The van der Waals surface area contributed by atoms with Gasteiger partial charge in [0.05, 0.1) is 12.8 Å².